The van der Waals surface area contributed by atoms with Gasteiger partial charge in [-0.2, -0.15) is 4.31 Å². The molecule has 8 heteroatoms. The summed E-state index contributed by atoms with van der Waals surface area (Å²) in [5.41, 5.74) is -0.516. The van der Waals surface area contributed by atoms with Crippen molar-refractivity contribution in [2.24, 2.45) is 0 Å². The molecule has 102 valence electrons. The van der Waals surface area contributed by atoms with Gasteiger partial charge in [0, 0.05) is 26.2 Å². The Labute approximate surface area is 108 Å². The molecule has 0 aliphatic carbocycles. The van der Waals surface area contributed by atoms with E-state index in [1.54, 1.807) is 0 Å². The minimum atomic E-state index is -3.18. The zero-order chi connectivity index (χ0) is 11.6. The van der Waals surface area contributed by atoms with Crippen LogP contribution in [0.1, 0.15) is 0 Å². The number of rotatable bonds is 1. The van der Waals surface area contributed by atoms with Gasteiger partial charge in [-0.3, -0.25) is 0 Å². The van der Waals surface area contributed by atoms with Gasteiger partial charge >= 0.3 is 0 Å². The number of ether oxygens (including phenoxy) is 2. The Bertz CT molecular complexity index is 343. The topological polar surface area (TPSA) is 67.9 Å². The van der Waals surface area contributed by atoms with Crippen molar-refractivity contribution in [3.8, 4) is 0 Å². The van der Waals surface area contributed by atoms with Crippen LogP contribution in [0.2, 0.25) is 0 Å². The fraction of sp³-hybridized carbons (Fsp3) is 1.00. The van der Waals surface area contributed by atoms with E-state index in [1.165, 1.54) is 10.6 Å². The van der Waals surface area contributed by atoms with Crippen LogP contribution in [0.15, 0.2) is 0 Å². The van der Waals surface area contributed by atoms with E-state index in [-0.39, 0.29) is 12.4 Å². The number of hydrogen-bond donors (Lipinski definition) is 1. The lowest BCUT2D eigenvalue weighted by molar-refractivity contribution is -0.103. The van der Waals surface area contributed by atoms with Crippen molar-refractivity contribution < 1.29 is 17.9 Å². The van der Waals surface area contributed by atoms with Crippen LogP contribution in [0.3, 0.4) is 0 Å². The number of nitrogens with one attached hydrogen (secondary N) is 1. The van der Waals surface area contributed by atoms with Crippen molar-refractivity contribution in [3.05, 3.63) is 0 Å². The quantitative estimate of drug-likeness (QED) is 0.674. The Morgan fingerprint density at radius 1 is 1.35 bits per heavy atom. The molecule has 17 heavy (non-hydrogen) atoms. The number of halogens is 1. The summed E-state index contributed by atoms with van der Waals surface area (Å²) < 4.78 is 35.7. The molecular weight excluding hydrogens is 268 g/mol. The highest BCUT2D eigenvalue weighted by molar-refractivity contribution is 7.88. The monoisotopic (exact) mass is 286 g/mol. The first-order valence-electron chi connectivity index (χ1n) is 5.39. The van der Waals surface area contributed by atoms with Crippen molar-refractivity contribution in [1.29, 1.82) is 0 Å². The predicted molar refractivity (Wildman–Crippen MR) is 66.0 cm³/mol. The average Bonchev–Trinajstić information content (AvgIpc) is 2.42. The molecule has 1 spiro atoms. The molecule has 1 unspecified atom stereocenters. The Kier molecular flexibility index (Phi) is 5.18. The summed E-state index contributed by atoms with van der Waals surface area (Å²) in [5.74, 6) is 0. The third-order valence-electron chi connectivity index (χ3n) is 2.92. The third kappa shape index (κ3) is 3.77. The second kappa shape index (κ2) is 5.81. The second-order valence-electron chi connectivity index (χ2n) is 4.36. The van der Waals surface area contributed by atoms with Crippen molar-refractivity contribution in [3.63, 3.8) is 0 Å². The highest BCUT2D eigenvalue weighted by Crippen LogP contribution is 2.20. The van der Waals surface area contributed by atoms with E-state index >= 15 is 0 Å². The molecule has 2 aliphatic heterocycles. The van der Waals surface area contributed by atoms with Crippen molar-refractivity contribution in [2.45, 2.75) is 5.60 Å². The summed E-state index contributed by atoms with van der Waals surface area (Å²) in [4.78, 5) is 0. The van der Waals surface area contributed by atoms with E-state index in [2.05, 4.69) is 5.32 Å². The molecule has 0 aromatic heterocycles. The van der Waals surface area contributed by atoms with Crippen molar-refractivity contribution in [2.75, 3.05) is 52.3 Å². The Balaban J connectivity index is 0.00000144. The Morgan fingerprint density at radius 3 is 2.71 bits per heavy atom. The molecule has 0 bridgehead atoms. The van der Waals surface area contributed by atoms with E-state index in [1.807, 2.05) is 0 Å². The molecule has 0 saturated carbocycles. The summed E-state index contributed by atoms with van der Waals surface area (Å²) in [6.07, 6.45) is 1.22. The summed E-state index contributed by atoms with van der Waals surface area (Å²) in [5, 5.41) is 3.22. The van der Waals surface area contributed by atoms with E-state index in [9.17, 15) is 8.42 Å². The molecule has 1 N–H and O–H groups in total. The molecule has 6 nitrogen and oxygen atoms in total. The molecule has 0 radical (unpaired) electrons. The first-order valence-corrected chi connectivity index (χ1v) is 7.24. The predicted octanol–water partition coefficient (Wildman–Crippen LogP) is -0.941. The summed E-state index contributed by atoms with van der Waals surface area (Å²) in [6.45, 7) is 3.70. The van der Waals surface area contributed by atoms with Crippen molar-refractivity contribution >= 4 is 22.4 Å². The maximum absolute atomic E-state index is 11.6. The number of sulfonamides is 1. The fourth-order valence-electron chi connectivity index (χ4n) is 2.05. The van der Waals surface area contributed by atoms with Gasteiger partial charge < -0.3 is 14.8 Å². The highest BCUT2D eigenvalue weighted by atomic mass is 35.5. The van der Waals surface area contributed by atoms with Gasteiger partial charge in [0.2, 0.25) is 10.0 Å². The van der Waals surface area contributed by atoms with Gasteiger partial charge in [-0.25, -0.2) is 8.42 Å². The van der Waals surface area contributed by atoms with Gasteiger partial charge in [-0.15, -0.1) is 12.4 Å². The van der Waals surface area contributed by atoms with Crippen molar-refractivity contribution in [1.82, 2.24) is 9.62 Å². The Hall–Kier alpha value is 0.0800. The van der Waals surface area contributed by atoms with Crippen LogP contribution in [0.4, 0.5) is 0 Å². The molecular formula is C9H19ClN2O4S. The number of nitrogens with zero attached hydrogens (tertiary/aromatic N) is 1. The fourth-order valence-corrected chi connectivity index (χ4v) is 2.93. The lowest BCUT2D eigenvalue weighted by Crippen LogP contribution is -2.58. The zero-order valence-electron chi connectivity index (χ0n) is 9.85. The molecule has 0 aromatic rings. The van der Waals surface area contributed by atoms with E-state index in [0.717, 1.165) is 6.54 Å². The van der Waals surface area contributed by atoms with E-state index in [0.29, 0.717) is 39.5 Å². The van der Waals surface area contributed by atoms with Gasteiger partial charge in [0.15, 0.2) is 0 Å². The maximum atomic E-state index is 11.6. The molecule has 2 aliphatic rings. The maximum Gasteiger partial charge on any atom is 0.211 e. The van der Waals surface area contributed by atoms with Crippen LogP contribution in [0, 0.1) is 0 Å². The second-order valence-corrected chi connectivity index (χ2v) is 6.34. The smallest absolute Gasteiger partial charge is 0.211 e. The summed E-state index contributed by atoms with van der Waals surface area (Å²) in [7, 11) is -3.18. The molecule has 0 aromatic carbocycles. The van der Waals surface area contributed by atoms with Crippen LogP contribution in [0.5, 0.6) is 0 Å². The average molecular weight is 287 g/mol. The molecule has 2 saturated heterocycles. The SMILES string of the molecule is CS(=O)(=O)N1CCOCC2(CNCCO2)C1.Cl. The summed E-state index contributed by atoms with van der Waals surface area (Å²) >= 11 is 0. The number of hydrogen-bond acceptors (Lipinski definition) is 5. The Morgan fingerprint density at radius 2 is 2.12 bits per heavy atom. The minimum Gasteiger partial charge on any atom is -0.377 e. The first kappa shape index (κ1) is 15.1. The van der Waals surface area contributed by atoms with E-state index < -0.39 is 15.6 Å². The highest BCUT2D eigenvalue weighted by Gasteiger charge is 2.39. The molecule has 2 fully saturated rings. The minimum absolute atomic E-state index is 0. The molecule has 0 amide bonds. The van der Waals surface area contributed by atoms with E-state index in [4.69, 9.17) is 9.47 Å². The van der Waals surface area contributed by atoms with Gasteiger partial charge in [0.05, 0.1) is 26.1 Å². The lowest BCUT2D eigenvalue weighted by atomic mass is 10.0. The largest absolute Gasteiger partial charge is 0.377 e. The van der Waals surface area contributed by atoms with Crippen LogP contribution >= 0.6 is 12.4 Å². The normalized spacial score (nSPS) is 31.8. The van der Waals surface area contributed by atoms with Crippen LogP contribution < -0.4 is 5.32 Å². The number of morpholine rings is 1. The molecule has 1 atom stereocenters. The standard InChI is InChI=1S/C9H18N2O4S.ClH/c1-16(12,13)11-3-5-14-8-9(7-11)6-10-2-4-15-9;/h10H,2-8H2,1H3;1H. The lowest BCUT2D eigenvalue weighted by Gasteiger charge is -2.38. The zero-order valence-corrected chi connectivity index (χ0v) is 11.5. The van der Waals surface area contributed by atoms with Gasteiger partial charge in [-0.05, 0) is 0 Å². The van der Waals surface area contributed by atoms with Gasteiger partial charge in [0.25, 0.3) is 0 Å². The summed E-state index contributed by atoms with van der Waals surface area (Å²) in [6, 6.07) is 0. The third-order valence-corrected chi connectivity index (χ3v) is 4.17. The van der Waals surface area contributed by atoms with Gasteiger partial charge in [0.1, 0.15) is 5.60 Å². The molecule has 2 heterocycles. The van der Waals surface area contributed by atoms with Crippen LogP contribution in [-0.4, -0.2) is 70.6 Å². The first-order chi connectivity index (χ1) is 7.52. The van der Waals surface area contributed by atoms with Crippen LogP contribution in [-0.2, 0) is 19.5 Å². The van der Waals surface area contributed by atoms with Crippen LogP contribution in [0.25, 0.3) is 0 Å². The van der Waals surface area contributed by atoms with Gasteiger partial charge in [-0.1, -0.05) is 0 Å². The molecule has 2 rings (SSSR count).